The molecule has 2 aromatic rings. The van der Waals surface area contributed by atoms with Crippen LogP contribution in [-0.2, 0) is 11.2 Å². The zero-order valence-electron chi connectivity index (χ0n) is 9.18. The van der Waals surface area contributed by atoms with Gasteiger partial charge in [-0.2, -0.15) is 0 Å². The quantitative estimate of drug-likeness (QED) is 0.937. The van der Waals surface area contributed by atoms with Gasteiger partial charge in [-0.25, -0.2) is 9.78 Å². The van der Waals surface area contributed by atoms with Crippen molar-refractivity contribution >= 4 is 27.4 Å². The van der Waals surface area contributed by atoms with Crippen LogP contribution in [0.15, 0.2) is 22.9 Å². The summed E-state index contributed by atoms with van der Waals surface area (Å²) in [4.78, 5) is 15.2. The number of methoxy groups -OCH3 is 1. The van der Waals surface area contributed by atoms with Crippen LogP contribution in [0, 0.1) is 0 Å². The SMILES string of the molecule is COCCc1nc(Br)c2ccc(C(=O)O)cn12. The lowest BCUT2D eigenvalue weighted by atomic mass is 10.3. The van der Waals surface area contributed by atoms with E-state index in [-0.39, 0.29) is 5.56 Å². The van der Waals surface area contributed by atoms with Crippen LogP contribution in [0.4, 0.5) is 0 Å². The molecular weight excluding hydrogens is 288 g/mol. The molecule has 0 unspecified atom stereocenters. The van der Waals surface area contributed by atoms with E-state index in [9.17, 15) is 4.79 Å². The van der Waals surface area contributed by atoms with Gasteiger partial charge in [-0.15, -0.1) is 0 Å². The summed E-state index contributed by atoms with van der Waals surface area (Å²) in [6, 6.07) is 3.29. The number of nitrogens with zero attached hydrogens (tertiary/aromatic N) is 2. The first kappa shape index (κ1) is 12.1. The molecule has 1 N–H and O–H groups in total. The summed E-state index contributed by atoms with van der Waals surface area (Å²) in [5.74, 6) is -0.175. The normalized spacial score (nSPS) is 10.9. The fourth-order valence-electron chi connectivity index (χ4n) is 1.60. The summed E-state index contributed by atoms with van der Waals surface area (Å²) in [5, 5.41) is 8.95. The summed E-state index contributed by atoms with van der Waals surface area (Å²) in [7, 11) is 1.62. The molecule has 0 fully saturated rings. The molecular formula is C11H11BrN2O3. The predicted octanol–water partition coefficient (Wildman–Crippen LogP) is 1.98. The van der Waals surface area contributed by atoms with Crippen molar-refractivity contribution < 1.29 is 14.6 Å². The minimum Gasteiger partial charge on any atom is -0.478 e. The lowest BCUT2D eigenvalue weighted by molar-refractivity contribution is 0.0696. The van der Waals surface area contributed by atoms with Gasteiger partial charge in [-0.3, -0.25) is 0 Å². The summed E-state index contributed by atoms with van der Waals surface area (Å²) in [5.41, 5.74) is 1.09. The van der Waals surface area contributed by atoms with Crippen molar-refractivity contribution in [3.8, 4) is 0 Å². The number of aromatic carboxylic acids is 1. The van der Waals surface area contributed by atoms with Crippen LogP contribution in [-0.4, -0.2) is 34.2 Å². The van der Waals surface area contributed by atoms with E-state index in [1.807, 2.05) is 0 Å². The topological polar surface area (TPSA) is 63.8 Å². The van der Waals surface area contributed by atoms with Crippen molar-refractivity contribution in [3.63, 3.8) is 0 Å². The zero-order valence-corrected chi connectivity index (χ0v) is 10.8. The molecule has 5 nitrogen and oxygen atoms in total. The van der Waals surface area contributed by atoms with Crippen LogP contribution in [0.5, 0.6) is 0 Å². The summed E-state index contributed by atoms with van der Waals surface area (Å²) in [6.45, 7) is 0.544. The first-order valence-corrected chi connectivity index (χ1v) is 5.81. The summed E-state index contributed by atoms with van der Waals surface area (Å²) < 4.78 is 7.48. The lowest BCUT2D eigenvalue weighted by Crippen LogP contribution is -2.03. The average Bonchev–Trinajstić information content (AvgIpc) is 2.63. The highest BCUT2D eigenvalue weighted by Crippen LogP contribution is 2.20. The molecule has 0 bridgehead atoms. The number of carboxylic acid groups (broad SMARTS) is 1. The average molecular weight is 299 g/mol. The van der Waals surface area contributed by atoms with Crippen LogP contribution in [0.2, 0.25) is 0 Å². The van der Waals surface area contributed by atoms with Crippen LogP contribution in [0.3, 0.4) is 0 Å². The minimum atomic E-state index is -0.950. The highest BCUT2D eigenvalue weighted by Gasteiger charge is 2.11. The Morgan fingerprint density at radius 3 is 3.00 bits per heavy atom. The number of ether oxygens (including phenoxy) is 1. The monoisotopic (exact) mass is 298 g/mol. The van der Waals surface area contributed by atoms with Gasteiger partial charge in [-0.05, 0) is 28.1 Å². The molecule has 0 aliphatic heterocycles. The molecule has 2 aromatic heterocycles. The maximum absolute atomic E-state index is 10.9. The first-order valence-electron chi connectivity index (χ1n) is 5.02. The van der Waals surface area contributed by atoms with Gasteiger partial charge in [0.05, 0.1) is 17.7 Å². The molecule has 0 aromatic carbocycles. The van der Waals surface area contributed by atoms with E-state index in [0.717, 1.165) is 11.3 Å². The molecule has 0 aliphatic rings. The summed E-state index contributed by atoms with van der Waals surface area (Å²) >= 11 is 3.35. The number of aromatic nitrogens is 2. The molecule has 0 radical (unpaired) electrons. The van der Waals surface area contributed by atoms with E-state index < -0.39 is 5.97 Å². The number of halogens is 1. The predicted molar refractivity (Wildman–Crippen MR) is 65.4 cm³/mol. The van der Waals surface area contributed by atoms with Crippen molar-refractivity contribution in [2.45, 2.75) is 6.42 Å². The first-order chi connectivity index (χ1) is 8.13. The van der Waals surface area contributed by atoms with Gasteiger partial charge in [0.1, 0.15) is 10.4 Å². The van der Waals surface area contributed by atoms with E-state index in [0.29, 0.717) is 17.6 Å². The Labute approximate surface area is 106 Å². The summed E-state index contributed by atoms with van der Waals surface area (Å²) in [6.07, 6.45) is 2.20. The fraction of sp³-hybridized carbons (Fsp3) is 0.273. The Balaban J connectivity index is 2.52. The molecule has 2 rings (SSSR count). The van der Waals surface area contributed by atoms with Crippen molar-refractivity contribution in [1.29, 1.82) is 0 Å². The smallest absolute Gasteiger partial charge is 0.337 e. The standard InChI is InChI=1S/C11H11BrN2O3/c1-17-5-4-9-13-10(12)8-3-2-7(11(15)16)6-14(8)9/h2-3,6H,4-5H2,1H3,(H,15,16). The van der Waals surface area contributed by atoms with E-state index >= 15 is 0 Å². The van der Waals surface area contributed by atoms with Gasteiger partial charge in [0.2, 0.25) is 0 Å². The number of hydrogen-bond donors (Lipinski definition) is 1. The van der Waals surface area contributed by atoms with Crippen molar-refractivity contribution in [2.24, 2.45) is 0 Å². The number of pyridine rings is 1. The van der Waals surface area contributed by atoms with E-state index in [2.05, 4.69) is 20.9 Å². The number of carbonyl (C=O) groups is 1. The van der Waals surface area contributed by atoms with Gasteiger partial charge >= 0.3 is 5.97 Å². The minimum absolute atomic E-state index is 0.237. The largest absolute Gasteiger partial charge is 0.478 e. The Bertz CT molecular complexity index is 565. The molecule has 0 saturated heterocycles. The lowest BCUT2D eigenvalue weighted by Gasteiger charge is -2.02. The fourth-order valence-corrected chi connectivity index (χ4v) is 2.13. The zero-order chi connectivity index (χ0) is 12.4. The van der Waals surface area contributed by atoms with Gasteiger partial charge in [0.15, 0.2) is 0 Å². The second-order valence-corrected chi connectivity index (χ2v) is 4.29. The molecule has 0 aliphatic carbocycles. The number of fused-ring (bicyclic) bond motifs is 1. The van der Waals surface area contributed by atoms with E-state index in [1.54, 1.807) is 29.8 Å². The molecule has 0 atom stereocenters. The van der Waals surface area contributed by atoms with Crippen LogP contribution < -0.4 is 0 Å². The van der Waals surface area contributed by atoms with E-state index in [4.69, 9.17) is 9.84 Å². The Morgan fingerprint density at radius 2 is 2.35 bits per heavy atom. The maximum Gasteiger partial charge on any atom is 0.337 e. The number of hydrogen-bond acceptors (Lipinski definition) is 3. The molecule has 90 valence electrons. The number of rotatable bonds is 4. The van der Waals surface area contributed by atoms with Gasteiger partial charge in [0, 0.05) is 19.7 Å². The third kappa shape index (κ3) is 2.32. The maximum atomic E-state index is 10.9. The molecule has 0 amide bonds. The highest BCUT2D eigenvalue weighted by atomic mass is 79.9. The number of carboxylic acids is 1. The van der Waals surface area contributed by atoms with E-state index in [1.165, 1.54) is 0 Å². The van der Waals surface area contributed by atoms with Crippen LogP contribution in [0.25, 0.3) is 5.52 Å². The van der Waals surface area contributed by atoms with Crippen LogP contribution >= 0.6 is 15.9 Å². The Kier molecular flexibility index (Phi) is 3.44. The Hall–Kier alpha value is -1.40. The third-order valence-electron chi connectivity index (χ3n) is 2.44. The van der Waals surface area contributed by atoms with Gasteiger partial charge in [0.25, 0.3) is 0 Å². The van der Waals surface area contributed by atoms with Crippen LogP contribution in [0.1, 0.15) is 16.2 Å². The van der Waals surface area contributed by atoms with Crippen molar-refractivity contribution in [1.82, 2.24) is 9.38 Å². The van der Waals surface area contributed by atoms with Crippen molar-refractivity contribution in [3.05, 3.63) is 34.3 Å². The highest BCUT2D eigenvalue weighted by molar-refractivity contribution is 9.10. The molecule has 0 spiro atoms. The molecule has 0 saturated carbocycles. The van der Waals surface area contributed by atoms with Gasteiger partial charge in [-0.1, -0.05) is 0 Å². The number of imidazole rings is 1. The van der Waals surface area contributed by atoms with Gasteiger partial charge < -0.3 is 14.2 Å². The molecule has 17 heavy (non-hydrogen) atoms. The molecule has 2 heterocycles. The third-order valence-corrected chi connectivity index (χ3v) is 3.03. The molecule has 6 heteroatoms. The Morgan fingerprint density at radius 1 is 1.59 bits per heavy atom. The second kappa shape index (κ2) is 4.85. The van der Waals surface area contributed by atoms with Crippen molar-refractivity contribution in [2.75, 3.05) is 13.7 Å². The second-order valence-electron chi connectivity index (χ2n) is 3.54.